The Kier molecular flexibility index (Phi) is 7.88. The molecule has 0 bridgehead atoms. The van der Waals surface area contributed by atoms with Crippen molar-refractivity contribution in [3.05, 3.63) is 0 Å². The average Bonchev–Trinajstić information content (AvgIpc) is 3.24. The van der Waals surface area contributed by atoms with Crippen molar-refractivity contribution in [2.24, 2.45) is 5.92 Å². The van der Waals surface area contributed by atoms with Gasteiger partial charge >= 0.3 is 6.09 Å². The molecular formula is C16H30INO4. The standard InChI is InChI=1S/C16H30INO4/c1-6-20-13(12-7-8-12)9-21-16(5,10-17)11-18-14(19)22-15(2,3)4/h12-13H,6-11H2,1-5H3,(H,18,19). The first-order valence-electron chi connectivity index (χ1n) is 7.97. The highest BCUT2D eigenvalue weighted by atomic mass is 127. The Morgan fingerprint density at radius 2 is 1.95 bits per heavy atom. The summed E-state index contributed by atoms with van der Waals surface area (Å²) in [6.07, 6.45) is 2.22. The van der Waals surface area contributed by atoms with E-state index < -0.39 is 17.3 Å². The van der Waals surface area contributed by atoms with Crippen molar-refractivity contribution in [1.82, 2.24) is 5.32 Å². The fourth-order valence-corrected chi connectivity index (χ4v) is 2.49. The predicted molar refractivity (Wildman–Crippen MR) is 95.6 cm³/mol. The summed E-state index contributed by atoms with van der Waals surface area (Å²) in [5.74, 6) is 0.636. The third kappa shape index (κ3) is 7.97. The first-order valence-corrected chi connectivity index (χ1v) is 9.50. The van der Waals surface area contributed by atoms with Gasteiger partial charge in [-0.3, -0.25) is 0 Å². The van der Waals surface area contributed by atoms with E-state index >= 15 is 0 Å². The van der Waals surface area contributed by atoms with Gasteiger partial charge in [-0.25, -0.2) is 4.79 Å². The lowest BCUT2D eigenvalue weighted by atomic mass is 10.1. The largest absolute Gasteiger partial charge is 0.444 e. The molecule has 1 N–H and O–H groups in total. The molecule has 0 aromatic rings. The number of carbonyl (C=O) groups is 1. The van der Waals surface area contributed by atoms with E-state index in [0.29, 0.717) is 25.7 Å². The SMILES string of the molecule is CCOC(COC(C)(CI)CNC(=O)OC(C)(C)C)C1CC1. The van der Waals surface area contributed by atoms with Crippen LogP contribution in [0.15, 0.2) is 0 Å². The van der Waals surface area contributed by atoms with E-state index in [2.05, 4.69) is 27.9 Å². The van der Waals surface area contributed by atoms with Gasteiger partial charge in [-0.1, -0.05) is 22.6 Å². The second kappa shape index (κ2) is 8.68. The van der Waals surface area contributed by atoms with Gasteiger partial charge in [0.05, 0.1) is 24.9 Å². The zero-order valence-electron chi connectivity index (χ0n) is 14.4. The molecule has 1 fully saturated rings. The third-order valence-electron chi connectivity index (χ3n) is 3.41. The van der Waals surface area contributed by atoms with Crippen molar-refractivity contribution in [1.29, 1.82) is 0 Å². The van der Waals surface area contributed by atoms with Crippen LogP contribution in [0.3, 0.4) is 0 Å². The maximum absolute atomic E-state index is 11.8. The molecule has 1 amide bonds. The number of halogens is 1. The molecule has 2 unspecified atom stereocenters. The second-order valence-electron chi connectivity index (χ2n) is 7.08. The molecule has 130 valence electrons. The summed E-state index contributed by atoms with van der Waals surface area (Å²) in [5.41, 5.74) is -0.903. The maximum Gasteiger partial charge on any atom is 0.407 e. The summed E-state index contributed by atoms with van der Waals surface area (Å²) in [6, 6.07) is 0. The van der Waals surface area contributed by atoms with Gasteiger partial charge in [0.1, 0.15) is 5.60 Å². The van der Waals surface area contributed by atoms with Gasteiger partial charge < -0.3 is 19.5 Å². The zero-order chi connectivity index (χ0) is 16.8. The Bertz CT molecular complexity index is 355. The lowest BCUT2D eigenvalue weighted by molar-refractivity contribution is -0.0803. The lowest BCUT2D eigenvalue weighted by Gasteiger charge is -2.31. The van der Waals surface area contributed by atoms with E-state index in [4.69, 9.17) is 14.2 Å². The van der Waals surface area contributed by atoms with Gasteiger partial charge in [0.15, 0.2) is 0 Å². The molecule has 2 atom stereocenters. The van der Waals surface area contributed by atoms with Crippen molar-refractivity contribution >= 4 is 28.7 Å². The molecule has 0 aromatic carbocycles. The monoisotopic (exact) mass is 427 g/mol. The Hall–Kier alpha value is -0.0800. The van der Waals surface area contributed by atoms with Crippen molar-refractivity contribution < 1.29 is 19.0 Å². The van der Waals surface area contributed by atoms with Crippen LogP contribution < -0.4 is 5.32 Å². The quantitative estimate of drug-likeness (QED) is 0.452. The molecule has 22 heavy (non-hydrogen) atoms. The molecule has 0 spiro atoms. The van der Waals surface area contributed by atoms with Crippen LogP contribution >= 0.6 is 22.6 Å². The highest BCUT2D eigenvalue weighted by Crippen LogP contribution is 2.35. The van der Waals surface area contributed by atoms with Crippen molar-refractivity contribution in [3.63, 3.8) is 0 Å². The van der Waals surface area contributed by atoms with Crippen LogP contribution in [0.5, 0.6) is 0 Å². The summed E-state index contributed by atoms with van der Waals surface area (Å²) < 4.78 is 17.9. The Morgan fingerprint density at radius 1 is 1.32 bits per heavy atom. The summed E-state index contributed by atoms with van der Waals surface area (Å²) in [4.78, 5) is 11.8. The molecule has 0 aromatic heterocycles. The number of nitrogens with one attached hydrogen (secondary N) is 1. The molecule has 0 aliphatic heterocycles. The van der Waals surface area contributed by atoms with Crippen LogP contribution in [-0.2, 0) is 14.2 Å². The second-order valence-corrected chi connectivity index (χ2v) is 7.84. The molecule has 1 saturated carbocycles. The van der Waals surface area contributed by atoms with E-state index in [1.54, 1.807) is 0 Å². The van der Waals surface area contributed by atoms with Crippen LogP contribution in [0, 0.1) is 5.92 Å². The number of hydrogen-bond acceptors (Lipinski definition) is 4. The molecular weight excluding hydrogens is 397 g/mol. The van der Waals surface area contributed by atoms with Crippen LogP contribution in [0.1, 0.15) is 47.5 Å². The van der Waals surface area contributed by atoms with Gasteiger partial charge in [0.25, 0.3) is 0 Å². The molecule has 0 heterocycles. The minimum absolute atomic E-state index is 0.175. The smallest absolute Gasteiger partial charge is 0.407 e. The van der Waals surface area contributed by atoms with Crippen LogP contribution in [0.2, 0.25) is 0 Å². The van der Waals surface area contributed by atoms with E-state index in [9.17, 15) is 4.79 Å². The van der Waals surface area contributed by atoms with Gasteiger partial charge in [0, 0.05) is 11.0 Å². The van der Waals surface area contributed by atoms with E-state index in [1.165, 1.54) is 12.8 Å². The number of hydrogen-bond donors (Lipinski definition) is 1. The minimum Gasteiger partial charge on any atom is -0.444 e. The van der Waals surface area contributed by atoms with Crippen molar-refractivity contribution in [2.75, 3.05) is 24.2 Å². The van der Waals surface area contributed by atoms with Crippen LogP contribution in [0.25, 0.3) is 0 Å². The Balaban J connectivity index is 2.40. The Morgan fingerprint density at radius 3 is 2.41 bits per heavy atom. The molecule has 1 rings (SSSR count). The first-order chi connectivity index (χ1) is 10.2. The number of rotatable bonds is 9. The van der Waals surface area contributed by atoms with Gasteiger partial charge in [-0.15, -0.1) is 0 Å². The topological polar surface area (TPSA) is 56.8 Å². The third-order valence-corrected chi connectivity index (χ3v) is 5.03. The normalized spacial score (nSPS) is 19.4. The summed E-state index contributed by atoms with van der Waals surface area (Å²) in [5, 5.41) is 2.80. The fourth-order valence-electron chi connectivity index (χ4n) is 2.00. The number of ether oxygens (including phenoxy) is 3. The van der Waals surface area contributed by atoms with Gasteiger partial charge in [-0.05, 0) is 53.4 Å². The highest BCUT2D eigenvalue weighted by Gasteiger charge is 2.34. The highest BCUT2D eigenvalue weighted by molar-refractivity contribution is 14.1. The van der Waals surface area contributed by atoms with Gasteiger partial charge in [0.2, 0.25) is 0 Å². The summed E-state index contributed by atoms with van der Waals surface area (Å²) in [6.45, 7) is 11.3. The zero-order valence-corrected chi connectivity index (χ0v) is 16.6. The molecule has 1 aliphatic carbocycles. The molecule has 1 aliphatic rings. The number of alkyl halides is 1. The summed E-state index contributed by atoms with van der Waals surface area (Å²) >= 11 is 2.28. The van der Waals surface area contributed by atoms with E-state index in [1.807, 2.05) is 34.6 Å². The molecule has 0 radical (unpaired) electrons. The first kappa shape index (κ1) is 20.0. The maximum atomic E-state index is 11.8. The predicted octanol–water partition coefficient (Wildman–Crippen LogP) is 3.54. The number of alkyl carbamates (subject to hydrolysis) is 1. The molecule has 5 nitrogen and oxygen atoms in total. The van der Waals surface area contributed by atoms with Crippen LogP contribution in [0.4, 0.5) is 4.79 Å². The van der Waals surface area contributed by atoms with Crippen LogP contribution in [-0.4, -0.2) is 47.6 Å². The Labute approximate surface area is 148 Å². The molecule has 0 saturated heterocycles. The van der Waals surface area contributed by atoms with Crippen molar-refractivity contribution in [2.45, 2.75) is 64.8 Å². The average molecular weight is 427 g/mol. The van der Waals surface area contributed by atoms with E-state index in [-0.39, 0.29) is 6.10 Å². The molecule has 6 heteroatoms. The minimum atomic E-state index is -0.488. The fraction of sp³-hybridized carbons (Fsp3) is 0.938. The van der Waals surface area contributed by atoms with Crippen molar-refractivity contribution in [3.8, 4) is 0 Å². The number of carbonyl (C=O) groups excluding carboxylic acids is 1. The lowest BCUT2D eigenvalue weighted by Crippen LogP contribution is -2.47. The van der Waals surface area contributed by atoms with Gasteiger partial charge in [-0.2, -0.15) is 0 Å². The summed E-state index contributed by atoms with van der Waals surface area (Å²) in [7, 11) is 0. The number of amides is 1. The van der Waals surface area contributed by atoms with E-state index in [0.717, 1.165) is 4.43 Å².